The summed E-state index contributed by atoms with van der Waals surface area (Å²) in [5, 5.41) is 9.61. The van der Waals surface area contributed by atoms with Crippen LogP contribution in [-0.4, -0.2) is 64.0 Å². The van der Waals surface area contributed by atoms with Crippen molar-refractivity contribution < 1.29 is 31.5 Å². The number of pyridine rings is 1. The number of piperazine rings is 1. The normalized spacial score (nSPS) is 15.9. The van der Waals surface area contributed by atoms with E-state index in [2.05, 4.69) is 20.7 Å². The minimum absolute atomic E-state index is 0.0697. The monoisotopic (exact) mass is 639 g/mol. The number of halogens is 5. The van der Waals surface area contributed by atoms with Crippen LogP contribution in [0.15, 0.2) is 60.7 Å². The Morgan fingerprint density at radius 2 is 1.52 bits per heavy atom. The van der Waals surface area contributed by atoms with E-state index in [1.165, 1.54) is 21.7 Å². The number of nitrogens with one attached hydrogen (secondary N) is 2. The largest absolute Gasteiger partial charge is 0.400 e. The zero-order valence-electron chi connectivity index (χ0n) is 25.0. The summed E-state index contributed by atoms with van der Waals surface area (Å²) in [5.74, 6) is -1.88. The molecule has 0 bridgehead atoms. The Morgan fingerprint density at radius 3 is 2.11 bits per heavy atom. The van der Waals surface area contributed by atoms with Crippen LogP contribution in [0, 0.1) is 25.5 Å². The van der Waals surface area contributed by atoms with E-state index >= 15 is 0 Å². The fourth-order valence-electron chi connectivity index (χ4n) is 5.52. The van der Waals surface area contributed by atoms with E-state index in [4.69, 9.17) is 0 Å². The van der Waals surface area contributed by atoms with Crippen LogP contribution < -0.4 is 15.5 Å². The van der Waals surface area contributed by atoms with Crippen molar-refractivity contribution in [1.29, 1.82) is 0 Å². The van der Waals surface area contributed by atoms with Gasteiger partial charge in [-0.1, -0.05) is 23.8 Å². The molecule has 2 aromatic carbocycles. The predicted molar refractivity (Wildman–Crippen MR) is 161 cm³/mol. The van der Waals surface area contributed by atoms with Crippen molar-refractivity contribution in [3.63, 3.8) is 0 Å². The molecule has 1 saturated heterocycles. The number of benzene rings is 2. The van der Waals surface area contributed by atoms with E-state index < -0.39 is 40.7 Å². The van der Waals surface area contributed by atoms with Crippen molar-refractivity contribution in [3.8, 4) is 5.69 Å². The fraction of sp³-hybridized carbons (Fsp3) is 0.312. The quantitative estimate of drug-likeness (QED) is 0.240. The number of aromatic nitrogens is 3. The first kappa shape index (κ1) is 31.0. The molecule has 1 saturated carbocycles. The van der Waals surface area contributed by atoms with Gasteiger partial charge in [0.1, 0.15) is 34.2 Å². The van der Waals surface area contributed by atoms with E-state index in [1.54, 1.807) is 43.3 Å². The Labute approximate surface area is 261 Å². The summed E-state index contributed by atoms with van der Waals surface area (Å²) in [6, 6.07) is 14.2. The number of aryl methyl sites for hydroxylation is 2. The minimum atomic E-state index is -4.47. The summed E-state index contributed by atoms with van der Waals surface area (Å²) in [6.45, 7) is 4.75. The van der Waals surface area contributed by atoms with Gasteiger partial charge in [-0.05, 0) is 63.1 Å². The Balaban J connectivity index is 1.13. The summed E-state index contributed by atoms with van der Waals surface area (Å²) >= 11 is 0. The molecular weight excluding hydrogens is 609 g/mol. The highest BCUT2D eigenvalue weighted by Crippen LogP contribution is 2.58. The molecule has 6 rings (SSSR count). The van der Waals surface area contributed by atoms with Gasteiger partial charge in [-0.15, -0.1) is 0 Å². The smallest absolute Gasteiger partial charge is 0.353 e. The number of carbonyl (C=O) groups excluding carboxylic acids is 2. The number of rotatable bonds is 6. The number of anilines is 3. The number of carbonyl (C=O) groups is 2. The molecule has 1 aliphatic carbocycles. The Hall–Kier alpha value is -5.01. The van der Waals surface area contributed by atoms with Crippen LogP contribution in [0.4, 0.5) is 44.1 Å². The van der Waals surface area contributed by atoms with Crippen molar-refractivity contribution in [2.75, 3.05) is 41.7 Å². The number of hydrogen-bond acceptors (Lipinski definition) is 5. The van der Waals surface area contributed by atoms with E-state index in [0.29, 0.717) is 36.0 Å². The summed E-state index contributed by atoms with van der Waals surface area (Å²) in [4.78, 5) is 33.7. The molecule has 0 spiro atoms. The van der Waals surface area contributed by atoms with Crippen LogP contribution in [0.25, 0.3) is 5.69 Å². The second-order valence-corrected chi connectivity index (χ2v) is 11.5. The van der Waals surface area contributed by atoms with E-state index in [0.717, 1.165) is 17.7 Å². The number of amides is 3. The maximum absolute atomic E-state index is 14.1. The molecule has 0 radical (unpaired) electrons. The van der Waals surface area contributed by atoms with E-state index in [-0.39, 0.29) is 37.4 Å². The van der Waals surface area contributed by atoms with Crippen LogP contribution in [-0.2, 0) is 5.41 Å². The first-order chi connectivity index (χ1) is 21.9. The third kappa shape index (κ3) is 5.86. The van der Waals surface area contributed by atoms with Gasteiger partial charge in [-0.2, -0.15) is 18.3 Å². The number of nitrogens with zero attached hydrogens (tertiary/aromatic N) is 5. The molecule has 2 N–H and O–H groups in total. The lowest BCUT2D eigenvalue weighted by Crippen LogP contribution is -2.49. The first-order valence-electron chi connectivity index (χ1n) is 14.6. The maximum atomic E-state index is 14.1. The van der Waals surface area contributed by atoms with Crippen molar-refractivity contribution in [2.24, 2.45) is 0 Å². The zero-order valence-corrected chi connectivity index (χ0v) is 25.0. The van der Waals surface area contributed by atoms with Crippen molar-refractivity contribution >= 4 is 29.3 Å². The van der Waals surface area contributed by atoms with Gasteiger partial charge in [-0.3, -0.25) is 10.1 Å². The topological polar surface area (TPSA) is 95.4 Å². The molecule has 46 heavy (non-hydrogen) atoms. The number of hydrogen-bond donors (Lipinski definition) is 2. The van der Waals surface area contributed by atoms with Gasteiger partial charge < -0.3 is 15.1 Å². The van der Waals surface area contributed by atoms with Crippen LogP contribution in [0.1, 0.15) is 40.2 Å². The van der Waals surface area contributed by atoms with Crippen molar-refractivity contribution in [3.05, 3.63) is 94.8 Å². The molecule has 3 amide bonds. The van der Waals surface area contributed by atoms with E-state index in [9.17, 15) is 31.5 Å². The first-order valence-corrected chi connectivity index (χ1v) is 14.6. The molecule has 0 unspecified atom stereocenters. The van der Waals surface area contributed by atoms with Crippen LogP contribution >= 0.6 is 0 Å². The Morgan fingerprint density at radius 1 is 0.870 bits per heavy atom. The molecule has 9 nitrogen and oxygen atoms in total. The van der Waals surface area contributed by atoms with Crippen molar-refractivity contribution in [1.82, 2.24) is 19.7 Å². The SMILES string of the molecule is Cc1ccc(-n2nc(C3(C(F)(F)F)CC3)cc2NC(=O)Nc2ccc(N3CCN(C(=O)c4c(F)cccc4F)CC3)nc2C)cc1. The van der Waals surface area contributed by atoms with Crippen LogP contribution in [0.3, 0.4) is 0 Å². The Bertz CT molecular complexity index is 1770. The van der Waals surface area contributed by atoms with Crippen LogP contribution in [0.2, 0.25) is 0 Å². The number of urea groups is 1. The van der Waals surface area contributed by atoms with Crippen LogP contribution in [0.5, 0.6) is 0 Å². The average molecular weight is 640 g/mol. The van der Waals surface area contributed by atoms with Gasteiger partial charge in [0.15, 0.2) is 0 Å². The third-order valence-corrected chi connectivity index (χ3v) is 8.40. The van der Waals surface area contributed by atoms with Gasteiger partial charge in [0.05, 0.1) is 22.8 Å². The second kappa shape index (κ2) is 11.7. The zero-order chi connectivity index (χ0) is 32.8. The third-order valence-electron chi connectivity index (χ3n) is 8.40. The molecule has 2 aliphatic rings. The molecule has 3 heterocycles. The fourth-order valence-corrected chi connectivity index (χ4v) is 5.52. The highest BCUT2D eigenvalue weighted by molar-refractivity contribution is 6.00. The minimum Gasteiger partial charge on any atom is -0.353 e. The molecule has 4 aromatic rings. The molecule has 2 fully saturated rings. The van der Waals surface area contributed by atoms with Gasteiger partial charge in [0.25, 0.3) is 5.91 Å². The second-order valence-electron chi connectivity index (χ2n) is 11.5. The maximum Gasteiger partial charge on any atom is 0.400 e. The lowest BCUT2D eigenvalue weighted by molar-refractivity contribution is -0.161. The average Bonchev–Trinajstić information content (AvgIpc) is 3.74. The molecular formula is C32H30F5N7O2. The summed E-state index contributed by atoms with van der Waals surface area (Å²) in [5.41, 5.74) is -0.464. The van der Waals surface area contributed by atoms with E-state index in [1.807, 2.05) is 11.8 Å². The lowest BCUT2D eigenvalue weighted by atomic mass is 10.0. The lowest BCUT2D eigenvalue weighted by Gasteiger charge is -2.35. The molecule has 0 atom stereocenters. The predicted octanol–water partition coefficient (Wildman–Crippen LogP) is 6.36. The van der Waals surface area contributed by atoms with Crippen molar-refractivity contribution in [2.45, 2.75) is 38.3 Å². The summed E-state index contributed by atoms with van der Waals surface area (Å²) in [6.07, 6.45) is -4.61. The summed E-state index contributed by atoms with van der Waals surface area (Å²) in [7, 11) is 0. The number of alkyl halides is 3. The highest BCUT2D eigenvalue weighted by Gasteiger charge is 2.66. The van der Waals surface area contributed by atoms with Gasteiger partial charge in [0.2, 0.25) is 0 Å². The molecule has 14 heteroatoms. The Kier molecular flexibility index (Phi) is 7.90. The highest BCUT2D eigenvalue weighted by atomic mass is 19.4. The standard InChI is InChI=1S/C32H30F5N7O2/c1-19-6-8-21(9-7-19)44-27(18-25(41-44)31(12-13-31)32(35,36)37)40-30(46)39-24-10-11-26(38-20(24)2)42-14-16-43(17-15-42)29(45)28-22(33)4-3-5-23(28)34/h3-11,18H,12-17H2,1-2H3,(H2,39,40,46). The molecule has 1 aliphatic heterocycles. The van der Waals surface area contributed by atoms with Gasteiger partial charge in [-0.25, -0.2) is 23.2 Å². The van der Waals surface area contributed by atoms with Gasteiger partial charge >= 0.3 is 12.2 Å². The molecule has 240 valence electrons. The molecule has 2 aromatic heterocycles. The summed E-state index contributed by atoms with van der Waals surface area (Å²) < 4.78 is 71.2. The van der Waals surface area contributed by atoms with Gasteiger partial charge in [0, 0.05) is 32.2 Å².